The second-order valence-electron chi connectivity index (χ2n) is 3.00. The predicted molar refractivity (Wildman–Crippen MR) is 68.8 cm³/mol. The Hall–Kier alpha value is 0.200. The average molecular weight is 323 g/mol. The lowest BCUT2D eigenvalue weighted by molar-refractivity contribution is 1.39. The Kier molecular flexibility index (Phi) is 2.81. The topological polar surface area (TPSA) is 0 Å². The van der Waals surface area contributed by atoms with E-state index in [4.69, 9.17) is 11.6 Å². The Balaban J connectivity index is 2.79. The summed E-state index contributed by atoms with van der Waals surface area (Å²) in [4.78, 5) is 0. The molecule has 0 aliphatic heterocycles. The normalized spacial score (nSPS) is 11.0. The first-order valence-corrected chi connectivity index (χ1v) is 6.44. The van der Waals surface area contributed by atoms with Crippen LogP contribution in [0.15, 0.2) is 17.5 Å². The fraction of sp³-hybridized carbons (Fsp3) is 0.200. The molecule has 13 heavy (non-hydrogen) atoms. The summed E-state index contributed by atoms with van der Waals surface area (Å²) in [6, 6.07) is 4.35. The molecule has 0 unspecified atom stereocenters. The number of hydrogen-bond acceptors (Lipinski definition) is 1. The van der Waals surface area contributed by atoms with Crippen LogP contribution in [-0.2, 0) is 5.88 Å². The smallest absolute Gasteiger partial charge is 0.0474 e. The molecule has 68 valence electrons. The van der Waals surface area contributed by atoms with Gasteiger partial charge in [-0.1, -0.05) is 6.07 Å². The van der Waals surface area contributed by atoms with E-state index in [0.717, 1.165) is 0 Å². The molecule has 2 aromatic rings. The minimum atomic E-state index is 0.602. The van der Waals surface area contributed by atoms with Gasteiger partial charge in [0, 0.05) is 24.9 Å². The molecule has 0 saturated carbocycles. The van der Waals surface area contributed by atoms with Gasteiger partial charge in [-0.3, -0.25) is 0 Å². The molecule has 2 rings (SSSR count). The third-order valence-corrected chi connectivity index (χ3v) is 4.55. The molecule has 0 amide bonds. The summed E-state index contributed by atoms with van der Waals surface area (Å²) in [7, 11) is 0. The molecule has 0 radical (unpaired) electrons. The number of halogens is 2. The van der Waals surface area contributed by atoms with Gasteiger partial charge in [-0.25, -0.2) is 0 Å². The van der Waals surface area contributed by atoms with Gasteiger partial charge in [0.15, 0.2) is 0 Å². The molecule has 1 aromatic heterocycles. The van der Waals surface area contributed by atoms with E-state index in [0.29, 0.717) is 5.88 Å². The third kappa shape index (κ3) is 1.72. The first-order valence-electron chi connectivity index (χ1n) is 3.94. The van der Waals surface area contributed by atoms with E-state index in [2.05, 4.69) is 47.0 Å². The maximum Gasteiger partial charge on any atom is 0.0474 e. The number of aryl methyl sites for hydroxylation is 1. The quantitative estimate of drug-likeness (QED) is 0.533. The van der Waals surface area contributed by atoms with Crippen LogP contribution in [0.25, 0.3) is 10.1 Å². The minimum absolute atomic E-state index is 0.602. The van der Waals surface area contributed by atoms with Crippen LogP contribution in [0.3, 0.4) is 0 Å². The number of benzene rings is 1. The Bertz CT molecular complexity index is 447. The highest BCUT2D eigenvalue weighted by Crippen LogP contribution is 2.31. The highest BCUT2D eigenvalue weighted by Gasteiger charge is 2.05. The van der Waals surface area contributed by atoms with Crippen molar-refractivity contribution in [2.75, 3.05) is 0 Å². The van der Waals surface area contributed by atoms with Gasteiger partial charge in [0.25, 0.3) is 0 Å². The molecule has 0 spiro atoms. The van der Waals surface area contributed by atoms with E-state index < -0.39 is 0 Å². The van der Waals surface area contributed by atoms with Crippen LogP contribution < -0.4 is 0 Å². The van der Waals surface area contributed by atoms with Gasteiger partial charge in [0.05, 0.1) is 0 Å². The Labute approximate surface area is 100 Å². The number of thiophene rings is 1. The van der Waals surface area contributed by atoms with Crippen LogP contribution in [0.5, 0.6) is 0 Å². The van der Waals surface area contributed by atoms with E-state index in [-0.39, 0.29) is 0 Å². The number of alkyl halides is 1. The number of hydrogen-bond donors (Lipinski definition) is 0. The van der Waals surface area contributed by atoms with E-state index in [1.807, 2.05) is 0 Å². The zero-order chi connectivity index (χ0) is 9.42. The maximum absolute atomic E-state index is 5.81. The van der Waals surface area contributed by atoms with Gasteiger partial charge >= 0.3 is 0 Å². The molecule has 0 N–H and O–H groups in total. The molecule has 0 bridgehead atoms. The number of fused-ring (bicyclic) bond motifs is 1. The zero-order valence-corrected chi connectivity index (χ0v) is 10.8. The molecule has 0 saturated heterocycles. The zero-order valence-electron chi connectivity index (χ0n) is 7.10. The highest BCUT2D eigenvalue weighted by atomic mass is 127. The van der Waals surface area contributed by atoms with Crippen molar-refractivity contribution in [2.45, 2.75) is 12.8 Å². The summed E-state index contributed by atoms with van der Waals surface area (Å²) >= 11 is 9.98. The fourth-order valence-electron chi connectivity index (χ4n) is 1.48. The Morgan fingerprint density at radius 1 is 1.46 bits per heavy atom. The molecule has 0 aliphatic rings. The number of rotatable bonds is 1. The molecular weight excluding hydrogens is 315 g/mol. The van der Waals surface area contributed by atoms with Crippen LogP contribution in [0.2, 0.25) is 0 Å². The first-order chi connectivity index (χ1) is 6.22. The van der Waals surface area contributed by atoms with Crippen LogP contribution in [0.1, 0.15) is 11.1 Å². The third-order valence-electron chi connectivity index (χ3n) is 2.04. The van der Waals surface area contributed by atoms with Crippen molar-refractivity contribution in [2.24, 2.45) is 0 Å². The van der Waals surface area contributed by atoms with Gasteiger partial charge in [-0.05, 0) is 46.7 Å². The second kappa shape index (κ2) is 3.75. The monoisotopic (exact) mass is 322 g/mol. The maximum atomic E-state index is 5.81. The van der Waals surface area contributed by atoms with Crippen LogP contribution >= 0.6 is 45.5 Å². The van der Waals surface area contributed by atoms with Crippen molar-refractivity contribution in [3.05, 3.63) is 32.2 Å². The first kappa shape index (κ1) is 9.74. The van der Waals surface area contributed by atoms with Crippen LogP contribution in [0.4, 0.5) is 0 Å². The molecule has 1 heterocycles. The van der Waals surface area contributed by atoms with Crippen molar-refractivity contribution < 1.29 is 0 Å². The molecule has 0 fully saturated rings. The van der Waals surface area contributed by atoms with Crippen LogP contribution in [0, 0.1) is 10.5 Å². The van der Waals surface area contributed by atoms with Gasteiger partial charge in [0.1, 0.15) is 0 Å². The minimum Gasteiger partial charge on any atom is -0.143 e. The lowest BCUT2D eigenvalue weighted by Gasteiger charge is -2.00. The standard InChI is InChI=1S/C10H8ClIS/c1-6-2-7(4-11)3-9-10(6)8(12)5-13-9/h2-3,5H,4H2,1H3. The van der Waals surface area contributed by atoms with Crippen LogP contribution in [-0.4, -0.2) is 0 Å². The summed E-state index contributed by atoms with van der Waals surface area (Å²) in [5.41, 5.74) is 2.55. The summed E-state index contributed by atoms with van der Waals surface area (Å²) in [6.07, 6.45) is 0. The second-order valence-corrected chi connectivity index (χ2v) is 5.34. The Morgan fingerprint density at radius 2 is 2.23 bits per heavy atom. The fourth-order valence-corrected chi connectivity index (χ4v) is 3.87. The van der Waals surface area contributed by atoms with E-state index >= 15 is 0 Å². The summed E-state index contributed by atoms with van der Waals surface area (Å²) in [6.45, 7) is 2.15. The van der Waals surface area contributed by atoms with E-state index in [1.165, 1.54) is 24.8 Å². The lowest BCUT2D eigenvalue weighted by Crippen LogP contribution is -1.81. The van der Waals surface area contributed by atoms with Gasteiger partial charge in [-0.15, -0.1) is 22.9 Å². The SMILES string of the molecule is Cc1cc(CCl)cc2scc(I)c12. The average Bonchev–Trinajstić information content (AvgIpc) is 2.48. The lowest BCUT2D eigenvalue weighted by atomic mass is 10.1. The Morgan fingerprint density at radius 3 is 2.92 bits per heavy atom. The molecule has 1 aromatic carbocycles. The van der Waals surface area contributed by atoms with Crippen molar-refractivity contribution in [1.29, 1.82) is 0 Å². The molecule has 3 heteroatoms. The summed E-state index contributed by atoms with van der Waals surface area (Å²) < 4.78 is 2.69. The summed E-state index contributed by atoms with van der Waals surface area (Å²) in [5, 5.41) is 3.58. The van der Waals surface area contributed by atoms with Crippen molar-refractivity contribution in [3.8, 4) is 0 Å². The van der Waals surface area contributed by atoms with Crippen molar-refractivity contribution in [3.63, 3.8) is 0 Å². The molecular formula is C10H8ClIS. The van der Waals surface area contributed by atoms with Crippen molar-refractivity contribution >= 4 is 55.6 Å². The molecule has 0 atom stereocenters. The van der Waals surface area contributed by atoms with Gasteiger partial charge < -0.3 is 0 Å². The summed E-state index contributed by atoms with van der Waals surface area (Å²) in [5.74, 6) is 0.602. The molecule has 0 nitrogen and oxygen atoms in total. The van der Waals surface area contributed by atoms with Gasteiger partial charge in [-0.2, -0.15) is 0 Å². The van der Waals surface area contributed by atoms with Crippen molar-refractivity contribution in [1.82, 2.24) is 0 Å². The molecule has 0 aliphatic carbocycles. The van der Waals surface area contributed by atoms with Gasteiger partial charge in [0.2, 0.25) is 0 Å². The highest BCUT2D eigenvalue weighted by molar-refractivity contribution is 14.1. The predicted octanol–water partition coefficient (Wildman–Crippen LogP) is 4.55. The largest absolute Gasteiger partial charge is 0.143 e. The van der Waals surface area contributed by atoms with E-state index in [1.54, 1.807) is 11.3 Å². The van der Waals surface area contributed by atoms with E-state index in [9.17, 15) is 0 Å².